The van der Waals surface area contributed by atoms with Crippen molar-refractivity contribution in [1.82, 2.24) is 4.90 Å². The quantitative estimate of drug-likeness (QED) is 0.765. The van der Waals surface area contributed by atoms with E-state index in [0.29, 0.717) is 16.6 Å². The third-order valence-corrected chi connectivity index (χ3v) is 5.79. The number of carbonyl (C=O) groups excluding carboxylic acids is 2. The van der Waals surface area contributed by atoms with Gasteiger partial charge < -0.3 is 15.8 Å². The van der Waals surface area contributed by atoms with Crippen LogP contribution in [0.1, 0.15) is 41.1 Å². The Balaban J connectivity index is 1.65. The van der Waals surface area contributed by atoms with Crippen molar-refractivity contribution in [3.05, 3.63) is 46.3 Å². The summed E-state index contributed by atoms with van der Waals surface area (Å²) < 4.78 is 5.56. The Morgan fingerprint density at radius 1 is 1.30 bits per heavy atom. The van der Waals surface area contributed by atoms with Gasteiger partial charge in [-0.3, -0.25) is 14.5 Å². The number of hydrogen-bond acceptors (Lipinski definition) is 5. The van der Waals surface area contributed by atoms with Crippen molar-refractivity contribution in [1.29, 1.82) is 0 Å². The van der Waals surface area contributed by atoms with E-state index in [-0.39, 0.29) is 18.9 Å². The first-order valence-corrected chi connectivity index (χ1v) is 9.93. The number of carbonyl (C=O) groups is 2. The molecule has 0 saturated carbocycles. The highest BCUT2D eigenvalue weighted by Gasteiger charge is 2.28. The van der Waals surface area contributed by atoms with Crippen LogP contribution in [0.2, 0.25) is 0 Å². The Bertz CT molecular complexity index is 817. The number of primary amides is 1. The van der Waals surface area contributed by atoms with Crippen molar-refractivity contribution in [3.8, 4) is 5.75 Å². The minimum Gasteiger partial charge on any atom is -0.493 e. The van der Waals surface area contributed by atoms with Gasteiger partial charge in [0.25, 0.3) is 5.91 Å². The predicted octanol–water partition coefficient (Wildman–Crippen LogP) is 3.02. The van der Waals surface area contributed by atoms with Crippen molar-refractivity contribution in [2.45, 2.75) is 39.3 Å². The molecule has 2 heterocycles. The average Bonchev–Trinajstić information content (AvgIpc) is 2.99. The standard InChI is InChI=1S/C20H25N3O3S/c1-13(2)23-10-8-15-16(12-23)27-20(18(15)19(21)25)22-17(24)9-11-26-14-6-4-3-5-7-14/h3-7,13H,8-12H2,1-2H3,(H2,21,25)(H,22,24). The molecule has 1 aliphatic rings. The normalized spacial score (nSPS) is 14.0. The number of nitrogens with zero attached hydrogens (tertiary/aromatic N) is 1. The van der Waals surface area contributed by atoms with Gasteiger partial charge in [0.1, 0.15) is 10.8 Å². The highest BCUT2D eigenvalue weighted by molar-refractivity contribution is 7.17. The molecule has 0 radical (unpaired) electrons. The molecule has 0 saturated heterocycles. The molecule has 0 aliphatic carbocycles. The highest BCUT2D eigenvalue weighted by atomic mass is 32.1. The smallest absolute Gasteiger partial charge is 0.251 e. The SMILES string of the molecule is CC(C)N1CCc2c(sc(NC(=O)CCOc3ccccc3)c2C(N)=O)C1. The van der Waals surface area contributed by atoms with E-state index in [4.69, 9.17) is 10.5 Å². The molecule has 3 rings (SSSR count). The fraction of sp³-hybridized carbons (Fsp3) is 0.400. The number of nitrogens with one attached hydrogen (secondary N) is 1. The Kier molecular flexibility index (Phi) is 6.13. The molecule has 0 unspecified atom stereocenters. The van der Waals surface area contributed by atoms with Gasteiger partial charge in [0.05, 0.1) is 18.6 Å². The minimum absolute atomic E-state index is 0.187. The van der Waals surface area contributed by atoms with E-state index in [0.717, 1.165) is 35.7 Å². The van der Waals surface area contributed by atoms with Gasteiger partial charge in [0.15, 0.2) is 0 Å². The third kappa shape index (κ3) is 4.67. The van der Waals surface area contributed by atoms with E-state index < -0.39 is 5.91 Å². The van der Waals surface area contributed by atoms with E-state index in [1.54, 1.807) is 0 Å². The molecule has 1 aliphatic heterocycles. The van der Waals surface area contributed by atoms with Crippen LogP contribution in [0.3, 0.4) is 0 Å². The van der Waals surface area contributed by atoms with Crippen LogP contribution in [0.25, 0.3) is 0 Å². The second kappa shape index (κ2) is 8.54. The summed E-state index contributed by atoms with van der Waals surface area (Å²) >= 11 is 1.45. The van der Waals surface area contributed by atoms with Crippen molar-refractivity contribution in [2.75, 3.05) is 18.5 Å². The van der Waals surface area contributed by atoms with Gasteiger partial charge in [-0.05, 0) is 38.0 Å². The number of amides is 2. The zero-order chi connectivity index (χ0) is 19.4. The topological polar surface area (TPSA) is 84.7 Å². The van der Waals surface area contributed by atoms with Crippen LogP contribution in [-0.2, 0) is 17.8 Å². The maximum absolute atomic E-state index is 12.3. The Morgan fingerprint density at radius 3 is 2.70 bits per heavy atom. The molecule has 0 atom stereocenters. The molecular weight excluding hydrogens is 362 g/mol. The number of thiophene rings is 1. The Morgan fingerprint density at radius 2 is 2.04 bits per heavy atom. The number of para-hydroxylation sites is 1. The van der Waals surface area contributed by atoms with Crippen LogP contribution in [0.15, 0.2) is 30.3 Å². The fourth-order valence-corrected chi connectivity index (χ4v) is 4.47. The molecule has 0 fully saturated rings. The minimum atomic E-state index is -0.485. The Hall–Kier alpha value is -2.38. The second-order valence-corrected chi connectivity index (χ2v) is 7.95. The number of rotatable bonds is 7. The highest BCUT2D eigenvalue weighted by Crippen LogP contribution is 2.37. The number of hydrogen-bond donors (Lipinski definition) is 2. The van der Waals surface area contributed by atoms with E-state index in [1.165, 1.54) is 11.3 Å². The van der Waals surface area contributed by atoms with Gasteiger partial charge in [0, 0.05) is 24.0 Å². The van der Waals surface area contributed by atoms with Gasteiger partial charge in [-0.25, -0.2) is 0 Å². The molecule has 2 amide bonds. The zero-order valence-corrected chi connectivity index (χ0v) is 16.5. The average molecular weight is 388 g/mol. The van der Waals surface area contributed by atoms with E-state index >= 15 is 0 Å². The monoisotopic (exact) mass is 387 g/mol. The van der Waals surface area contributed by atoms with Gasteiger partial charge in [-0.1, -0.05) is 18.2 Å². The van der Waals surface area contributed by atoms with Gasteiger partial charge >= 0.3 is 0 Å². The molecule has 0 spiro atoms. The number of ether oxygens (including phenoxy) is 1. The van der Waals surface area contributed by atoms with Crippen molar-refractivity contribution in [3.63, 3.8) is 0 Å². The molecular formula is C20H25N3O3S. The first-order chi connectivity index (χ1) is 13.0. The molecule has 0 bridgehead atoms. The van der Waals surface area contributed by atoms with Crippen LogP contribution in [0.5, 0.6) is 5.75 Å². The summed E-state index contributed by atoms with van der Waals surface area (Å²) in [6, 6.07) is 9.79. The first-order valence-electron chi connectivity index (χ1n) is 9.11. The number of fused-ring (bicyclic) bond motifs is 1. The summed E-state index contributed by atoms with van der Waals surface area (Å²) in [4.78, 5) is 27.8. The van der Waals surface area contributed by atoms with Gasteiger partial charge in [-0.15, -0.1) is 11.3 Å². The molecule has 2 aromatic rings. The van der Waals surface area contributed by atoms with Crippen LogP contribution in [0, 0.1) is 0 Å². The molecule has 27 heavy (non-hydrogen) atoms. The van der Waals surface area contributed by atoms with Crippen LogP contribution in [-0.4, -0.2) is 35.9 Å². The lowest BCUT2D eigenvalue weighted by molar-refractivity contribution is -0.116. The van der Waals surface area contributed by atoms with Crippen LogP contribution >= 0.6 is 11.3 Å². The number of anilines is 1. The molecule has 3 N–H and O–H groups in total. The van der Waals surface area contributed by atoms with Gasteiger partial charge in [-0.2, -0.15) is 0 Å². The summed E-state index contributed by atoms with van der Waals surface area (Å²) in [7, 11) is 0. The summed E-state index contributed by atoms with van der Waals surface area (Å²) in [5.41, 5.74) is 7.06. The first kappa shape index (κ1) is 19.4. The predicted molar refractivity (Wildman–Crippen MR) is 107 cm³/mol. The third-order valence-electron chi connectivity index (χ3n) is 4.66. The van der Waals surface area contributed by atoms with Gasteiger partial charge in [0.2, 0.25) is 5.91 Å². The number of nitrogens with two attached hydrogens (primary N) is 1. The van der Waals surface area contributed by atoms with Crippen LogP contribution in [0.4, 0.5) is 5.00 Å². The maximum Gasteiger partial charge on any atom is 0.251 e. The van der Waals surface area contributed by atoms with Crippen molar-refractivity contribution in [2.24, 2.45) is 5.73 Å². The summed E-state index contributed by atoms with van der Waals surface area (Å²) in [5.74, 6) is 0.0533. The van der Waals surface area contributed by atoms with Crippen molar-refractivity contribution < 1.29 is 14.3 Å². The largest absolute Gasteiger partial charge is 0.493 e. The lowest BCUT2D eigenvalue weighted by Gasteiger charge is -2.30. The number of benzene rings is 1. The van der Waals surface area contributed by atoms with Crippen LogP contribution < -0.4 is 15.8 Å². The summed E-state index contributed by atoms with van der Waals surface area (Å²) in [5, 5.41) is 3.42. The molecule has 1 aromatic heterocycles. The van der Waals surface area contributed by atoms with E-state index in [2.05, 4.69) is 24.1 Å². The molecule has 144 valence electrons. The Labute approximate surface area is 163 Å². The van der Waals surface area contributed by atoms with Crippen molar-refractivity contribution >= 4 is 28.2 Å². The van der Waals surface area contributed by atoms with E-state index in [9.17, 15) is 9.59 Å². The second-order valence-electron chi connectivity index (χ2n) is 6.85. The summed E-state index contributed by atoms with van der Waals surface area (Å²) in [6.45, 7) is 6.25. The zero-order valence-electron chi connectivity index (χ0n) is 15.7. The lowest BCUT2D eigenvalue weighted by Crippen LogP contribution is -2.35. The summed E-state index contributed by atoms with van der Waals surface area (Å²) in [6.07, 6.45) is 0.975. The molecule has 1 aromatic carbocycles. The fourth-order valence-electron chi connectivity index (χ4n) is 3.18. The molecule has 6 nitrogen and oxygen atoms in total. The molecule has 7 heteroatoms. The maximum atomic E-state index is 12.3. The lowest BCUT2D eigenvalue weighted by atomic mass is 10.0. The van der Waals surface area contributed by atoms with E-state index in [1.807, 2.05) is 30.3 Å².